The van der Waals surface area contributed by atoms with E-state index in [1.807, 2.05) is 0 Å². The van der Waals surface area contributed by atoms with Crippen molar-refractivity contribution in [1.29, 1.82) is 0 Å². The van der Waals surface area contributed by atoms with Crippen LogP contribution in [0, 0.1) is 0 Å². The molecule has 3 heterocycles. The molecule has 0 spiro atoms. The molecule has 17 nitrogen and oxygen atoms in total. The average Bonchev–Trinajstić information content (AvgIpc) is 3.47. The smallest absolute Gasteiger partial charge is 0.280 e. The third-order valence-electron chi connectivity index (χ3n) is 7.87. The van der Waals surface area contributed by atoms with Crippen molar-refractivity contribution >= 4 is 34.8 Å². The van der Waals surface area contributed by atoms with Crippen molar-refractivity contribution < 1.29 is 39.5 Å². The molecule has 1 fully saturated rings. The van der Waals surface area contributed by atoms with Gasteiger partial charge in [-0.2, -0.15) is 4.98 Å². The summed E-state index contributed by atoms with van der Waals surface area (Å²) in [5.74, 6) is -2.34. The largest absolute Gasteiger partial charge is 0.394 e. The van der Waals surface area contributed by atoms with Crippen LogP contribution in [0.25, 0.3) is 11.2 Å². The van der Waals surface area contributed by atoms with Crippen LogP contribution in [-0.4, -0.2) is 107 Å². The Bertz CT molecular complexity index is 1790. The van der Waals surface area contributed by atoms with Gasteiger partial charge in [0.15, 0.2) is 17.5 Å². The number of H-pyrrole nitrogens is 1. The zero-order chi connectivity index (χ0) is 34.4. The Morgan fingerprint density at radius 2 is 1.52 bits per heavy atom. The first-order valence-electron chi connectivity index (χ1n) is 15.0. The number of nitrogen functional groups attached to an aromatic ring is 1. The first-order valence-corrected chi connectivity index (χ1v) is 15.0. The molecule has 10 N–H and O–H groups in total. The number of carbonyl (C=O) groups is 3. The highest BCUT2D eigenvalue weighted by Gasteiger charge is 2.45. The number of benzene rings is 2. The first-order chi connectivity index (χ1) is 23.0. The normalized spacial score (nSPS) is 22.0. The highest BCUT2D eigenvalue weighted by Crippen LogP contribution is 2.20. The molecule has 2 aromatic carbocycles. The number of ether oxygens (including phenoxy) is 1. The summed E-state index contributed by atoms with van der Waals surface area (Å²) in [5.41, 5.74) is 6.49. The number of rotatable bonds is 12. The molecule has 7 atom stereocenters. The fourth-order valence-corrected chi connectivity index (χ4v) is 5.39. The Labute approximate surface area is 272 Å². The van der Waals surface area contributed by atoms with Crippen LogP contribution in [-0.2, 0) is 38.5 Å². The van der Waals surface area contributed by atoms with Crippen molar-refractivity contribution in [2.75, 3.05) is 12.3 Å². The maximum Gasteiger partial charge on any atom is 0.280 e. The van der Waals surface area contributed by atoms with E-state index in [4.69, 9.17) is 10.5 Å². The number of fused-ring (bicyclic) bond motifs is 1. The van der Waals surface area contributed by atoms with Gasteiger partial charge in [-0.3, -0.25) is 24.2 Å². The summed E-state index contributed by atoms with van der Waals surface area (Å²) in [6.07, 6.45) is -5.11. The Balaban J connectivity index is 1.36. The zero-order valence-corrected chi connectivity index (χ0v) is 25.5. The van der Waals surface area contributed by atoms with E-state index in [-0.39, 0.29) is 36.5 Å². The molecule has 1 aliphatic heterocycles. The highest BCUT2D eigenvalue weighted by atomic mass is 16.6. The number of aromatic nitrogens is 4. The topological polar surface area (TPSA) is 267 Å². The van der Waals surface area contributed by atoms with Crippen LogP contribution in [0.15, 0.2) is 71.8 Å². The van der Waals surface area contributed by atoms with Gasteiger partial charge in [-0.1, -0.05) is 60.7 Å². The van der Waals surface area contributed by atoms with Gasteiger partial charge in [0.1, 0.15) is 43.0 Å². The first kappa shape index (κ1) is 34.1. The zero-order valence-electron chi connectivity index (χ0n) is 25.5. The fourth-order valence-electron chi connectivity index (χ4n) is 5.39. The number of hydrogen-bond acceptors (Lipinski definition) is 12. The molecule has 5 rings (SSSR count). The highest BCUT2D eigenvalue weighted by molar-refractivity contribution is 5.92. The van der Waals surface area contributed by atoms with Crippen molar-refractivity contribution in [1.82, 2.24) is 35.5 Å². The van der Waals surface area contributed by atoms with Crippen LogP contribution < -0.4 is 27.2 Å². The molecule has 17 heteroatoms. The third-order valence-corrected chi connectivity index (χ3v) is 7.87. The van der Waals surface area contributed by atoms with Crippen LogP contribution >= 0.6 is 0 Å². The summed E-state index contributed by atoms with van der Waals surface area (Å²) in [6.45, 7) is -1.05. The molecule has 0 saturated carbocycles. The minimum atomic E-state index is -1.78. The number of aromatic amines is 1. The van der Waals surface area contributed by atoms with Crippen molar-refractivity contribution in [3.05, 3.63) is 88.5 Å². The molecule has 0 aliphatic carbocycles. The quantitative estimate of drug-likeness (QED) is 0.0737. The maximum atomic E-state index is 13.9. The number of hydrogen-bond donors (Lipinski definition) is 9. The summed E-state index contributed by atoms with van der Waals surface area (Å²) in [6, 6.07) is 13.6. The number of aliphatic hydroxyl groups is 4. The van der Waals surface area contributed by atoms with Gasteiger partial charge in [0.05, 0.1) is 12.9 Å². The van der Waals surface area contributed by atoms with E-state index in [1.165, 1.54) is 10.9 Å². The Morgan fingerprint density at radius 3 is 2.12 bits per heavy atom. The van der Waals surface area contributed by atoms with Crippen molar-refractivity contribution in [3.8, 4) is 0 Å². The van der Waals surface area contributed by atoms with E-state index in [2.05, 4.69) is 30.9 Å². The molecule has 1 aliphatic rings. The van der Waals surface area contributed by atoms with Crippen molar-refractivity contribution in [3.63, 3.8) is 0 Å². The van der Waals surface area contributed by atoms with Crippen LogP contribution in [0.4, 0.5) is 5.95 Å². The third kappa shape index (κ3) is 8.01. The summed E-state index contributed by atoms with van der Waals surface area (Å²) >= 11 is 0. The second kappa shape index (κ2) is 15.1. The summed E-state index contributed by atoms with van der Waals surface area (Å²) < 4.78 is 6.45. The SMILES string of the molecule is Nc1nc2c(ncn2CC(=O)N[C@@H](Cc2ccccc2)C(=O)N[C@@H](Cc2ccccc2)C(=O)N[C@@H]2[C@@H](O)[C@H](O)[C@@H](CO)O[C@H]2O)c(=O)[nH]1. The molecule has 254 valence electrons. The van der Waals surface area contributed by atoms with E-state index < -0.39 is 72.6 Å². The molecule has 3 amide bonds. The molecule has 1 saturated heterocycles. The predicted molar refractivity (Wildman–Crippen MR) is 169 cm³/mol. The fraction of sp³-hybridized carbons (Fsp3) is 0.355. The molecule has 0 unspecified atom stereocenters. The Morgan fingerprint density at radius 1 is 0.917 bits per heavy atom. The van der Waals surface area contributed by atoms with Crippen molar-refractivity contribution in [2.24, 2.45) is 0 Å². The van der Waals surface area contributed by atoms with E-state index in [9.17, 15) is 39.6 Å². The van der Waals surface area contributed by atoms with Gasteiger partial charge in [-0.05, 0) is 11.1 Å². The Hall–Kier alpha value is -5.20. The molecule has 2 aromatic heterocycles. The van der Waals surface area contributed by atoms with Gasteiger partial charge >= 0.3 is 0 Å². The van der Waals surface area contributed by atoms with Gasteiger partial charge in [-0.15, -0.1) is 0 Å². The number of nitrogens with zero attached hydrogens (tertiary/aromatic N) is 3. The average molecular weight is 665 g/mol. The number of aliphatic hydroxyl groups excluding tert-OH is 4. The lowest BCUT2D eigenvalue weighted by atomic mass is 9.96. The maximum absolute atomic E-state index is 13.9. The van der Waals surface area contributed by atoms with Crippen LogP contribution in [0.2, 0.25) is 0 Å². The lowest BCUT2D eigenvalue weighted by molar-refractivity contribution is -0.254. The van der Waals surface area contributed by atoms with Gasteiger partial charge in [0.2, 0.25) is 23.7 Å². The summed E-state index contributed by atoms with van der Waals surface area (Å²) in [7, 11) is 0. The predicted octanol–water partition coefficient (Wildman–Crippen LogP) is -2.93. The van der Waals surface area contributed by atoms with E-state index >= 15 is 0 Å². The second-order valence-corrected chi connectivity index (χ2v) is 11.3. The van der Waals surface area contributed by atoms with E-state index in [0.717, 1.165) is 0 Å². The van der Waals surface area contributed by atoms with Gasteiger partial charge in [0, 0.05) is 12.8 Å². The monoisotopic (exact) mass is 664 g/mol. The molecular formula is C31H36N8O9. The molecular weight excluding hydrogens is 628 g/mol. The second-order valence-electron chi connectivity index (χ2n) is 11.3. The van der Waals surface area contributed by atoms with E-state index in [1.54, 1.807) is 60.7 Å². The standard InChI is InChI=1S/C31H36N8O9/c32-31-37-26-23(29(46)38-31)33-15-39(26)13-21(41)34-18(11-16-7-3-1-4-8-16)27(44)35-19(12-17-9-5-2-6-10-17)28(45)36-22-25(43)24(42)20(14-40)48-30(22)47/h1-10,15,18-20,22,24-25,30,40,42-43,47H,11-14H2,(H,34,41)(H,35,44)(H,36,45)(H3,32,37,38,46)/t18-,19-,20+,22+,24+,25+,30+/m0/s1. The lowest BCUT2D eigenvalue weighted by Gasteiger charge is -2.40. The van der Waals surface area contributed by atoms with Crippen LogP contribution in [0.5, 0.6) is 0 Å². The van der Waals surface area contributed by atoms with E-state index in [0.29, 0.717) is 11.1 Å². The minimum absolute atomic E-state index is 0.0192. The van der Waals surface area contributed by atoms with Crippen molar-refractivity contribution in [2.45, 2.75) is 62.1 Å². The number of carbonyl (C=O) groups excluding carboxylic acids is 3. The number of anilines is 1. The molecule has 48 heavy (non-hydrogen) atoms. The van der Waals surface area contributed by atoms with Crippen LogP contribution in [0.3, 0.4) is 0 Å². The van der Waals surface area contributed by atoms with Gasteiger partial charge in [-0.25, -0.2) is 4.98 Å². The molecule has 4 aromatic rings. The van der Waals surface area contributed by atoms with Gasteiger partial charge in [0.25, 0.3) is 5.56 Å². The number of imidazole rings is 1. The summed E-state index contributed by atoms with van der Waals surface area (Å²) in [5, 5.41) is 48.5. The number of nitrogens with one attached hydrogen (secondary N) is 4. The molecule has 0 radical (unpaired) electrons. The summed E-state index contributed by atoms with van der Waals surface area (Å²) in [4.78, 5) is 63.3. The molecule has 0 bridgehead atoms. The van der Waals surface area contributed by atoms with Crippen LogP contribution in [0.1, 0.15) is 11.1 Å². The minimum Gasteiger partial charge on any atom is -0.394 e. The number of amides is 3. The van der Waals surface area contributed by atoms with Gasteiger partial charge < -0.3 is 51.4 Å². The lowest BCUT2D eigenvalue weighted by Crippen LogP contribution is -2.66. The number of nitrogens with two attached hydrogens (primary N) is 1. The Kier molecular flexibility index (Phi) is 10.8.